The second-order valence-corrected chi connectivity index (χ2v) is 9.26. The summed E-state index contributed by atoms with van der Waals surface area (Å²) < 4.78 is 5.60. The Labute approximate surface area is 199 Å². The smallest absolute Gasteiger partial charge is 0.407 e. The molecule has 34 heavy (non-hydrogen) atoms. The average Bonchev–Trinajstić information content (AvgIpc) is 3.63. The third-order valence-corrected chi connectivity index (χ3v) is 6.98. The number of benzene rings is 2. The Bertz CT molecular complexity index is 1000. The van der Waals surface area contributed by atoms with Gasteiger partial charge in [-0.2, -0.15) is 0 Å². The van der Waals surface area contributed by atoms with E-state index in [2.05, 4.69) is 34.9 Å². The highest BCUT2D eigenvalue weighted by atomic mass is 16.5. The molecule has 2 aliphatic carbocycles. The first-order valence-corrected chi connectivity index (χ1v) is 12.1. The molecule has 1 fully saturated rings. The van der Waals surface area contributed by atoms with Crippen LogP contribution in [0.3, 0.4) is 0 Å². The number of carbonyl (C=O) groups excluding carboxylic acids is 2. The molecule has 4 rings (SSSR count). The van der Waals surface area contributed by atoms with Gasteiger partial charge in [-0.3, -0.25) is 9.59 Å². The van der Waals surface area contributed by atoms with Crippen molar-refractivity contribution in [2.24, 2.45) is 17.8 Å². The SMILES string of the molecule is CCC(CNC(=O)CC(CNC(=O)OCC1c2ccccc2-c2ccccc21)C1CC1)C(=O)O. The lowest BCUT2D eigenvalue weighted by molar-refractivity contribution is -0.141. The number of rotatable bonds is 11. The van der Waals surface area contributed by atoms with E-state index in [4.69, 9.17) is 9.84 Å². The van der Waals surface area contributed by atoms with Gasteiger partial charge in [-0.05, 0) is 53.4 Å². The molecular formula is C27H32N2O5. The summed E-state index contributed by atoms with van der Waals surface area (Å²) in [6.07, 6.45) is 2.33. The normalized spacial score (nSPS) is 16.1. The van der Waals surface area contributed by atoms with Crippen LogP contribution in [-0.4, -0.2) is 42.8 Å². The number of fused-ring (bicyclic) bond motifs is 3. The van der Waals surface area contributed by atoms with Crippen molar-refractivity contribution in [2.75, 3.05) is 19.7 Å². The van der Waals surface area contributed by atoms with Crippen LogP contribution in [0.2, 0.25) is 0 Å². The van der Waals surface area contributed by atoms with E-state index < -0.39 is 18.0 Å². The molecule has 0 bridgehead atoms. The first-order chi connectivity index (χ1) is 16.5. The molecule has 7 nitrogen and oxygen atoms in total. The fourth-order valence-electron chi connectivity index (χ4n) is 4.79. The van der Waals surface area contributed by atoms with Gasteiger partial charge in [0.05, 0.1) is 5.92 Å². The lowest BCUT2D eigenvalue weighted by Gasteiger charge is -2.19. The summed E-state index contributed by atoms with van der Waals surface area (Å²) in [4.78, 5) is 36.0. The number of ether oxygens (including phenoxy) is 1. The Balaban J connectivity index is 1.27. The summed E-state index contributed by atoms with van der Waals surface area (Å²) in [5, 5.41) is 14.7. The van der Waals surface area contributed by atoms with Crippen molar-refractivity contribution in [2.45, 2.75) is 38.5 Å². The van der Waals surface area contributed by atoms with Crippen LogP contribution in [0.4, 0.5) is 4.79 Å². The van der Waals surface area contributed by atoms with Gasteiger partial charge < -0.3 is 20.5 Å². The minimum absolute atomic E-state index is 0.00361. The van der Waals surface area contributed by atoms with Crippen LogP contribution in [-0.2, 0) is 14.3 Å². The van der Waals surface area contributed by atoms with Crippen LogP contribution in [0, 0.1) is 17.8 Å². The summed E-state index contributed by atoms with van der Waals surface area (Å²) in [5.74, 6) is -1.23. The van der Waals surface area contributed by atoms with Crippen molar-refractivity contribution in [3.8, 4) is 11.1 Å². The van der Waals surface area contributed by atoms with Gasteiger partial charge in [0.2, 0.25) is 5.91 Å². The number of alkyl carbamates (subject to hydrolysis) is 1. The summed E-state index contributed by atoms with van der Waals surface area (Å²) >= 11 is 0. The number of aliphatic carboxylic acids is 1. The third kappa shape index (κ3) is 5.58. The van der Waals surface area contributed by atoms with Crippen LogP contribution >= 0.6 is 0 Å². The number of carbonyl (C=O) groups is 3. The molecule has 2 aromatic carbocycles. The van der Waals surface area contributed by atoms with Crippen molar-refractivity contribution in [3.63, 3.8) is 0 Å². The minimum Gasteiger partial charge on any atom is -0.481 e. The van der Waals surface area contributed by atoms with Gasteiger partial charge in [0.25, 0.3) is 0 Å². The van der Waals surface area contributed by atoms with Crippen molar-refractivity contribution >= 4 is 18.0 Å². The van der Waals surface area contributed by atoms with E-state index in [1.165, 1.54) is 11.1 Å². The number of carboxylic acids is 1. The molecule has 3 N–H and O–H groups in total. The third-order valence-electron chi connectivity index (χ3n) is 6.98. The molecule has 1 saturated carbocycles. The Morgan fingerprint density at radius 2 is 1.59 bits per heavy atom. The van der Waals surface area contributed by atoms with Gasteiger partial charge in [0, 0.05) is 25.4 Å². The largest absolute Gasteiger partial charge is 0.481 e. The van der Waals surface area contributed by atoms with Crippen LogP contribution < -0.4 is 10.6 Å². The van der Waals surface area contributed by atoms with Crippen LogP contribution in [0.1, 0.15) is 49.7 Å². The first kappa shape index (κ1) is 23.8. The molecule has 0 spiro atoms. The maximum absolute atomic E-state index is 12.5. The van der Waals surface area contributed by atoms with Crippen LogP contribution in [0.5, 0.6) is 0 Å². The van der Waals surface area contributed by atoms with Crippen molar-refractivity contribution in [3.05, 3.63) is 59.7 Å². The molecule has 0 heterocycles. The lowest BCUT2D eigenvalue weighted by Crippen LogP contribution is -2.37. The fraction of sp³-hybridized carbons (Fsp3) is 0.444. The van der Waals surface area contributed by atoms with Crippen molar-refractivity contribution in [1.82, 2.24) is 10.6 Å². The Morgan fingerprint density at radius 3 is 2.15 bits per heavy atom. The van der Waals surface area contributed by atoms with E-state index in [0.717, 1.165) is 24.0 Å². The Morgan fingerprint density at radius 1 is 0.971 bits per heavy atom. The highest BCUT2D eigenvalue weighted by Gasteiger charge is 2.33. The second kappa shape index (κ2) is 10.7. The maximum atomic E-state index is 12.5. The number of carboxylic acid groups (broad SMARTS) is 1. The minimum atomic E-state index is -0.904. The molecule has 2 amide bonds. The van der Waals surface area contributed by atoms with E-state index in [1.54, 1.807) is 6.92 Å². The second-order valence-electron chi connectivity index (χ2n) is 9.26. The summed E-state index contributed by atoms with van der Waals surface area (Å²) in [5.41, 5.74) is 4.69. The zero-order chi connectivity index (χ0) is 24.1. The predicted molar refractivity (Wildman–Crippen MR) is 128 cm³/mol. The standard InChI is InChI=1S/C27H32N2O5/c1-2-17(26(31)32)14-28-25(30)13-19(18-11-12-18)15-29-27(33)34-16-24-22-9-5-3-7-20(22)21-8-4-6-10-23(21)24/h3-10,17-19,24H,2,11-16H2,1H3,(H,28,30)(H,29,33)(H,31,32). The maximum Gasteiger partial charge on any atom is 0.407 e. The van der Waals surface area contributed by atoms with Crippen molar-refractivity contribution < 1.29 is 24.2 Å². The van der Waals surface area contributed by atoms with Gasteiger partial charge in [-0.1, -0.05) is 55.5 Å². The first-order valence-electron chi connectivity index (χ1n) is 12.1. The summed E-state index contributed by atoms with van der Waals surface area (Å²) in [6.45, 7) is 2.53. The van der Waals surface area contributed by atoms with Gasteiger partial charge in [-0.25, -0.2) is 4.79 Å². The van der Waals surface area contributed by atoms with E-state index in [-0.39, 0.29) is 37.3 Å². The molecule has 2 atom stereocenters. The fourth-order valence-corrected chi connectivity index (χ4v) is 4.79. The molecule has 2 aliphatic rings. The predicted octanol–water partition coefficient (Wildman–Crippen LogP) is 4.17. The van der Waals surface area contributed by atoms with Gasteiger partial charge in [0.1, 0.15) is 6.61 Å². The highest BCUT2D eigenvalue weighted by molar-refractivity contribution is 5.79. The van der Waals surface area contributed by atoms with E-state index >= 15 is 0 Å². The molecule has 180 valence electrons. The topological polar surface area (TPSA) is 105 Å². The zero-order valence-corrected chi connectivity index (χ0v) is 19.5. The van der Waals surface area contributed by atoms with Crippen molar-refractivity contribution in [1.29, 1.82) is 0 Å². The highest BCUT2D eigenvalue weighted by Crippen LogP contribution is 2.44. The zero-order valence-electron chi connectivity index (χ0n) is 19.5. The molecule has 0 aliphatic heterocycles. The lowest BCUT2D eigenvalue weighted by atomic mass is 9.98. The van der Waals surface area contributed by atoms with Gasteiger partial charge in [0.15, 0.2) is 0 Å². The molecule has 0 aromatic heterocycles. The Kier molecular flexibility index (Phi) is 7.50. The van der Waals surface area contributed by atoms with E-state index in [1.807, 2.05) is 24.3 Å². The molecule has 2 aromatic rings. The average molecular weight is 465 g/mol. The summed E-state index contributed by atoms with van der Waals surface area (Å²) in [7, 11) is 0. The van der Waals surface area contributed by atoms with Crippen LogP contribution in [0.15, 0.2) is 48.5 Å². The molecule has 0 radical (unpaired) electrons. The molecule has 0 saturated heterocycles. The Hall–Kier alpha value is -3.35. The number of nitrogens with one attached hydrogen (secondary N) is 2. The van der Waals surface area contributed by atoms with E-state index in [0.29, 0.717) is 18.9 Å². The molecule has 2 unspecified atom stereocenters. The monoisotopic (exact) mass is 464 g/mol. The molecular weight excluding hydrogens is 432 g/mol. The van der Waals surface area contributed by atoms with Gasteiger partial charge >= 0.3 is 12.1 Å². The number of hydrogen-bond acceptors (Lipinski definition) is 4. The quantitative estimate of drug-likeness (QED) is 0.463. The molecule has 7 heteroatoms. The van der Waals surface area contributed by atoms with E-state index in [9.17, 15) is 14.4 Å². The number of hydrogen-bond donors (Lipinski definition) is 3. The summed E-state index contributed by atoms with van der Waals surface area (Å²) in [6, 6.07) is 16.4. The van der Waals surface area contributed by atoms with Crippen LogP contribution in [0.25, 0.3) is 11.1 Å². The van der Waals surface area contributed by atoms with Gasteiger partial charge in [-0.15, -0.1) is 0 Å². The number of amides is 2.